The molecule has 0 aliphatic heterocycles. The highest BCUT2D eigenvalue weighted by Crippen LogP contribution is 2.40. The summed E-state index contributed by atoms with van der Waals surface area (Å²) in [6.07, 6.45) is 0.616. The molecule has 1 rings (SSSR count). The second-order valence-corrected chi connectivity index (χ2v) is 4.22. The second-order valence-electron chi connectivity index (χ2n) is 4.22. The van der Waals surface area contributed by atoms with Crippen molar-refractivity contribution in [3.63, 3.8) is 0 Å². The Morgan fingerprint density at radius 2 is 2.23 bits per heavy atom. The van der Waals surface area contributed by atoms with Crippen molar-refractivity contribution in [1.29, 1.82) is 0 Å². The maximum atomic E-state index is 10.2. The van der Waals surface area contributed by atoms with Gasteiger partial charge in [-0.15, -0.1) is 0 Å². The molecule has 1 saturated carbocycles. The van der Waals surface area contributed by atoms with Gasteiger partial charge < -0.3 is 15.5 Å². The van der Waals surface area contributed by atoms with Crippen LogP contribution in [0.5, 0.6) is 0 Å². The largest absolute Gasteiger partial charge is 0.481 e. The third-order valence-electron chi connectivity index (χ3n) is 2.95. The van der Waals surface area contributed by atoms with Gasteiger partial charge in [0.05, 0.1) is 12.5 Å². The molecule has 2 unspecified atom stereocenters. The molecule has 2 atom stereocenters. The van der Waals surface area contributed by atoms with E-state index in [2.05, 4.69) is 5.32 Å². The predicted molar refractivity (Wildman–Crippen MR) is 48.4 cm³/mol. The van der Waals surface area contributed by atoms with Crippen molar-refractivity contribution in [2.24, 2.45) is 5.41 Å². The van der Waals surface area contributed by atoms with Crippen LogP contribution in [0.1, 0.15) is 26.7 Å². The summed E-state index contributed by atoms with van der Waals surface area (Å²) in [4.78, 5) is 10.2. The molecule has 1 aliphatic rings. The van der Waals surface area contributed by atoms with Crippen LogP contribution in [0.25, 0.3) is 0 Å². The van der Waals surface area contributed by atoms with Crippen LogP contribution in [0.3, 0.4) is 0 Å². The molecule has 3 N–H and O–H groups in total. The highest BCUT2D eigenvalue weighted by molar-refractivity contribution is 5.66. The molecule has 0 aromatic heterocycles. The Bertz CT molecular complexity index is 203. The first kappa shape index (κ1) is 10.5. The number of hydrogen-bond acceptors (Lipinski definition) is 3. The normalized spacial score (nSPS) is 31.0. The fraction of sp³-hybridized carbons (Fsp3) is 0.889. The van der Waals surface area contributed by atoms with Gasteiger partial charge in [-0.25, -0.2) is 0 Å². The number of aliphatic hydroxyl groups is 1. The average molecular weight is 187 g/mol. The molecule has 0 saturated heterocycles. The molecule has 1 fully saturated rings. The van der Waals surface area contributed by atoms with Gasteiger partial charge in [-0.1, -0.05) is 13.8 Å². The number of nitrogens with one attached hydrogen (secondary N) is 1. The Morgan fingerprint density at radius 1 is 1.62 bits per heavy atom. The average Bonchev–Trinajstić information content (AvgIpc) is 2.02. The molecule has 1 aliphatic carbocycles. The maximum Gasteiger partial charge on any atom is 0.304 e. The van der Waals surface area contributed by atoms with Crippen LogP contribution in [-0.2, 0) is 4.79 Å². The lowest BCUT2D eigenvalue weighted by Crippen LogP contribution is -2.60. The van der Waals surface area contributed by atoms with Crippen LogP contribution in [0.2, 0.25) is 0 Å². The van der Waals surface area contributed by atoms with E-state index in [1.165, 1.54) is 0 Å². The highest BCUT2D eigenvalue weighted by Gasteiger charge is 2.46. The van der Waals surface area contributed by atoms with Crippen LogP contribution in [0, 0.1) is 5.41 Å². The number of carbonyl (C=O) groups is 1. The first-order chi connectivity index (χ1) is 5.94. The van der Waals surface area contributed by atoms with Crippen LogP contribution in [0.4, 0.5) is 0 Å². The molecule has 0 amide bonds. The molecular formula is C9H17NO3. The van der Waals surface area contributed by atoms with Crippen molar-refractivity contribution in [2.75, 3.05) is 6.54 Å². The van der Waals surface area contributed by atoms with Crippen LogP contribution in [-0.4, -0.2) is 34.9 Å². The molecule has 0 radical (unpaired) electrons. The van der Waals surface area contributed by atoms with E-state index in [-0.39, 0.29) is 24.0 Å². The molecule has 4 nitrogen and oxygen atoms in total. The van der Waals surface area contributed by atoms with Gasteiger partial charge in [0.15, 0.2) is 0 Å². The van der Waals surface area contributed by atoms with E-state index in [4.69, 9.17) is 5.11 Å². The Balaban J connectivity index is 2.21. The van der Waals surface area contributed by atoms with Gasteiger partial charge in [0.1, 0.15) is 0 Å². The molecule has 0 bridgehead atoms. The van der Waals surface area contributed by atoms with E-state index in [1.54, 1.807) is 0 Å². The van der Waals surface area contributed by atoms with Crippen molar-refractivity contribution in [3.05, 3.63) is 0 Å². The zero-order chi connectivity index (χ0) is 10.1. The molecule has 0 heterocycles. The van der Waals surface area contributed by atoms with Gasteiger partial charge in [-0.05, 0) is 6.42 Å². The van der Waals surface area contributed by atoms with Gasteiger partial charge in [0.25, 0.3) is 0 Å². The monoisotopic (exact) mass is 187 g/mol. The minimum absolute atomic E-state index is 0.113. The van der Waals surface area contributed by atoms with Crippen molar-refractivity contribution in [3.8, 4) is 0 Å². The summed E-state index contributed by atoms with van der Waals surface area (Å²) < 4.78 is 0. The zero-order valence-electron chi connectivity index (χ0n) is 8.08. The van der Waals surface area contributed by atoms with Gasteiger partial charge in [0.2, 0.25) is 0 Å². The topological polar surface area (TPSA) is 69.6 Å². The van der Waals surface area contributed by atoms with Crippen LogP contribution in [0.15, 0.2) is 0 Å². The summed E-state index contributed by atoms with van der Waals surface area (Å²) >= 11 is 0. The Morgan fingerprint density at radius 3 is 2.62 bits per heavy atom. The Kier molecular flexibility index (Phi) is 2.93. The third kappa shape index (κ3) is 2.19. The van der Waals surface area contributed by atoms with Crippen LogP contribution < -0.4 is 5.32 Å². The lowest BCUT2D eigenvalue weighted by atomic mass is 9.64. The van der Waals surface area contributed by atoms with Gasteiger partial charge in [-0.2, -0.15) is 0 Å². The predicted octanol–water partition coefficient (Wildman–Crippen LogP) is 0.210. The van der Waals surface area contributed by atoms with Crippen LogP contribution >= 0.6 is 0 Å². The number of rotatable bonds is 4. The van der Waals surface area contributed by atoms with E-state index in [9.17, 15) is 9.90 Å². The quantitative estimate of drug-likeness (QED) is 0.588. The summed E-state index contributed by atoms with van der Waals surface area (Å²) in [5.41, 5.74) is -0.113. The molecule has 0 aromatic rings. The Labute approximate surface area is 78.0 Å². The molecule has 0 spiro atoms. The Hall–Kier alpha value is -0.610. The third-order valence-corrected chi connectivity index (χ3v) is 2.95. The number of aliphatic hydroxyl groups excluding tert-OH is 1. The lowest BCUT2D eigenvalue weighted by molar-refractivity contribution is -0.137. The molecule has 4 heteroatoms. The van der Waals surface area contributed by atoms with Crippen molar-refractivity contribution in [2.45, 2.75) is 38.8 Å². The fourth-order valence-electron chi connectivity index (χ4n) is 1.60. The number of carboxylic acid groups (broad SMARTS) is 1. The lowest BCUT2D eigenvalue weighted by Gasteiger charge is -2.49. The number of hydrogen-bond donors (Lipinski definition) is 3. The van der Waals surface area contributed by atoms with Gasteiger partial charge in [-0.3, -0.25) is 4.79 Å². The van der Waals surface area contributed by atoms with E-state index in [1.807, 2.05) is 13.8 Å². The molecular weight excluding hydrogens is 170 g/mol. The van der Waals surface area contributed by atoms with E-state index >= 15 is 0 Å². The minimum atomic E-state index is -0.787. The fourth-order valence-corrected chi connectivity index (χ4v) is 1.60. The van der Waals surface area contributed by atoms with Gasteiger partial charge >= 0.3 is 5.97 Å². The van der Waals surface area contributed by atoms with E-state index < -0.39 is 5.97 Å². The number of carboxylic acids is 1. The molecule has 13 heavy (non-hydrogen) atoms. The van der Waals surface area contributed by atoms with E-state index in [0.29, 0.717) is 6.54 Å². The molecule has 76 valence electrons. The van der Waals surface area contributed by atoms with Crippen molar-refractivity contribution >= 4 is 5.97 Å². The summed E-state index contributed by atoms with van der Waals surface area (Å²) in [7, 11) is 0. The van der Waals surface area contributed by atoms with Crippen molar-refractivity contribution < 1.29 is 15.0 Å². The molecule has 0 aromatic carbocycles. The minimum Gasteiger partial charge on any atom is -0.481 e. The number of aliphatic carboxylic acids is 1. The highest BCUT2D eigenvalue weighted by atomic mass is 16.4. The van der Waals surface area contributed by atoms with E-state index in [0.717, 1.165) is 6.42 Å². The van der Waals surface area contributed by atoms with Gasteiger partial charge in [0, 0.05) is 18.0 Å². The summed E-state index contributed by atoms with van der Waals surface area (Å²) in [5, 5.41) is 20.9. The summed E-state index contributed by atoms with van der Waals surface area (Å²) in [6, 6.07) is 0.252. The standard InChI is InChI=1S/C9H17NO3/c1-9(2)6(5-7(9)11)10-4-3-8(12)13/h6-7,10-11H,3-5H2,1-2H3,(H,12,13). The second kappa shape index (κ2) is 3.64. The first-order valence-electron chi connectivity index (χ1n) is 4.58. The maximum absolute atomic E-state index is 10.2. The SMILES string of the molecule is CC1(C)C(O)CC1NCCC(=O)O. The first-order valence-corrected chi connectivity index (χ1v) is 4.58. The smallest absolute Gasteiger partial charge is 0.304 e. The summed E-state index contributed by atoms with van der Waals surface area (Å²) in [5.74, 6) is -0.787. The van der Waals surface area contributed by atoms with Crippen molar-refractivity contribution in [1.82, 2.24) is 5.32 Å². The zero-order valence-corrected chi connectivity index (χ0v) is 8.08. The summed E-state index contributed by atoms with van der Waals surface area (Å²) in [6.45, 7) is 4.45.